The smallest absolute Gasteiger partial charge is 0.411 e. The van der Waals surface area contributed by atoms with Crippen molar-refractivity contribution in [2.75, 3.05) is 11.9 Å². The quantitative estimate of drug-likeness (QED) is 0.366. The maximum atomic E-state index is 12.2. The number of nitro benzene ring substituents is 1. The minimum absolute atomic E-state index is 0.00603. The number of amides is 1. The predicted octanol–water partition coefficient (Wildman–Crippen LogP) is 5.41. The van der Waals surface area contributed by atoms with Gasteiger partial charge in [0.15, 0.2) is 0 Å². The van der Waals surface area contributed by atoms with Crippen molar-refractivity contribution >= 4 is 28.5 Å². The second-order valence-electron chi connectivity index (χ2n) is 7.47. The molecule has 1 amide bonds. The first kappa shape index (κ1) is 22.3. The number of aryl methyl sites for hydroxylation is 3. The van der Waals surface area contributed by atoms with Crippen LogP contribution < -0.4 is 5.32 Å². The van der Waals surface area contributed by atoms with Crippen LogP contribution in [0.2, 0.25) is 0 Å². The SMILES string of the molecule is CCCCc1ccc(NC(=O)OCCc2nc3cc([N+](=O)[O-])ccc3n2CC)c(C)c1. The van der Waals surface area contributed by atoms with Crippen LogP contribution in [0.15, 0.2) is 36.4 Å². The highest BCUT2D eigenvalue weighted by molar-refractivity contribution is 5.85. The molecule has 0 saturated carbocycles. The number of unbranched alkanes of at least 4 members (excludes halogenated alkanes) is 1. The molecule has 0 aliphatic carbocycles. The lowest BCUT2D eigenvalue weighted by Gasteiger charge is -2.11. The molecule has 8 heteroatoms. The van der Waals surface area contributed by atoms with E-state index in [1.54, 1.807) is 6.07 Å². The number of nitrogens with one attached hydrogen (secondary N) is 1. The van der Waals surface area contributed by atoms with E-state index in [1.807, 2.05) is 30.5 Å². The summed E-state index contributed by atoms with van der Waals surface area (Å²) in [7, 11) is 0. The number of nitro groups is 1. The molecule has 0 fully saturated rings. The largest absolute Gasteiger partial charge is 0.449 e. The second kappa shape index (κ2) is 10.1. The summed E-state index contributed by atoms with van der Waals surface area (Å²) in [5.41, 5.74) is 4.39. The van der Waals surface area contributed by atoms with E-state index in [1.165, 1.54) is 17.7 Å². The molecule has 0 bridgehead atoms. The van der Waals surface area contributed by atoms with Crippen LogP contribution in [-0.4, -0.2) is 27.2 Å². The van der Waals surface area contributed by atoms with E-state index < -0.39 is 11.0 Å². The van der Waals surface area contributed by atoms with Crippen molar-refractivity contribution in [1.29, 1.82) is 0 Å². The predicted molar refractivity (Wildman–Crippen MR) is 121 cm³/mol. The summed E-state index contributed by atoms with van der Waals surface area (Å²) in [5, 5.41) is 13.8. The molecular formula is C23H28N4O4. The summed E-state index contributed by atoms with van der Waals surface area (Å²) in [6.45, 7) is 6.93. The van der Waals surface area contributed by atoms with Gasteiger partial charge in [-0.25, -0.2) is 9.78 Å². The van der Waals surface area contributed by atoms with E-state index in [-0.39, 0.29) is 12.3 Å². The van der Waals surface area contributed by atoms with E-state index in [9.17, 15) is 14.9 Å². The highest BCUT2D eigenvalue weighted by Crippen LogP contribution is 2.22. The number of benzene rings is 2. The Labute approximate surface area is 181 Å². The summed E-state index contributed by atoms with van der Waals surface area (Å²) in [6.07, 6.45) is 3.22. The Hall–Kier alpha value is -3.42. The number of hydrogen-bond donors (Lipinski definition) is 1. The van der Waals surface area contributed by atoms with Crippen LogP contribution >= 0.6 is 0 Å². The molecule has 164 valence electrons. The average molecular weight is 425 g/mol. The van der Waals surface area contributed by atoms with Crippen molar-refractivity contribution in [1.82, 2.24) is 9.55 Å². The summed E-state index contributed by atoms with van der Waals surface area (Å²) in [5.74, 6) is 0.724. The van der Waals surface area contributed by atoms with Gasteiger partial charge in [0, 0.05) is 30.8 Å². The number of carbonyl (C=O) groups is 1. The molecule has 0 aliphatic rings. The minimum Gasteiger partial charge on any atom is -0.449 e. The number of rotatable bonds is 9. The van der Waals surface area contributed by atoms with Crippen LogP contribution in [0.4, 0.5) is 16.2 Å². The summed E-state index contributed by atoms with van der Waals surface area (Å²) in [4.78, 5) is 27.3. The second-order valence-corrected chi connectivity index (χ2v) is 7.47. The van der Waals surface area contributed by atoms with Crippen molar-refractivity contribution in [3.63, 3.8) is 0 Å². The molecule has 8 nitrogen and oxygen atoms in total. The van der Waals surface area contributed by atoms with Gasteiger partial charge in [0.25, 0.3) is 5.69 Å². The fourth-order valence-electron chi connectivity index (χ4n) is 3.61. The van der Waals surface area contributed by atoms with Crippen LogP contribution in [0.3, 0.4) is 0 Å². The van der Waals surface area contributed by atoms with Crippen LogP contribution in [0.25, 0.3) is 11.0 Å². The van der Waals surface area contributed by atoms with Crippen molar-refractivity contribution in [2.24, 2.45) is 0 Å². The molecule has 1 aromatic heterocycles. The number of anilines is 1. The monoisotopic (exact) mass is 424 g/mol. The van der Waals surface area contributed by atoms with Crippen molar-refractivity contribution in [3.8, 4) is 0 Å². The molecule has 1 heterocycles. The van der Waals surface area contributed by atoms with Gasteiger partial charge in [-0.3, -0.25) is 15.4 Å². The molecule has 0 radical (unpaired) electrons. The number of aromatic nitrogens is 2. The van der Waals surface area contributed by atoms with Crippen molar-refractivity contribution < 1.29 is 14.5 Å². The van der Waals surface area contributed by atoms with E-state index in [0.717, 1.165) is 41.9 Å². The van der Waals surface area contributed by atoms with Gasteiger partial charge in [0.1, 0.15) is 12.4 Å². The zero-order chi connectivity index (χ0) is 22.4. The molecule has 0 spiro atoms. The summed E-state index contributed by atoms with van der Waals surface area (Å²) in [6, 6.07) is 10.7. The van der Waals surface area contributed by atoms with Gasteiger partial charge in [-0.2, -0.15) is 0 Å². The highest BCUT2D eigenvalue weighted by Gasteiger charge is 2.14. The number of nitrogens with zero attached hydrogens (tertiary/aromatic N) is 3. The normalized spacial score (nSPS) is 10.9. The van der Waals surface area contributed by atoms with Gasteiger partial charge in [-0.05, 0) is 49.9 Å². The van der Waals surface area contributed by atoms with E-state index >= 15 is 0 Å². The molecule has 0 unspecified atom stereocenters. The average Bonchev–Trinajstić information content (AvgIpc) is 3.10. The number of imidazole rings is 1. The Morgan fingerprint density at radius 1 is 1.19 bits per heavy atom. The Kier molecular flexibility index (Phi) is 7.23. The standard InChI is InChI=1S/C23H28N4O4/c1-4-6-7-17-8-10-19(16(3)14-17)25-23(28)31-13-12-22-24-20-15-18(27(29)30)9-11-21(20)26(22)5-2/h8-11,14-15H,4-7,12-13H2,1-3H3,(H,25,28). The van der Waals surface area contributed by atoms with Crippen LogP contribution in [-0.2, 0) is 24.1 Å². The Morgan fingerprint density at radius 2 is 2.00 bits per heavy atom. The third-order valence-electron chi connectivity index (χ3n) is 5.24. The Balaban J connectivity index is 1.60. The van der Waals surface area contributed by atoms with Crippen LogP contribution in [0.5, 0.6) is 0 Å². The van der Waals surface area contributed by atoms with E-state index in [2.05, 4.69) is 23.3 Å². The summed E-state index contributed by atoms with van der Waals surface area (Å²) >= 11 is 0. The lowest BCUT2D eigenvalue weighted by Crippen LogP contribution is -2.17. The maximum absolute atomic E-state index is 12.2. The van der Waals surface area contributed by atoms with Crippen LogP contribution in [0, 0.1) is 17.0 Å². The molecule has 3 aromatic rings. The number of ether oxygens (including phenoxy) is 1. The number of fused-ring (bicyclic) bond motifs is 1. The van der Waals surface area contributed by atoms with E-state index in [4.69, 9.17) is 4.74 Å². The van der Waals surface area contributed by atoms with Crippen LogP contribution in [0.1, 0.15) is 43.6 Å². The Morgan fingerprint density at radius 3 is 2.68 bits per heavy atom. The third-order valence-corrected chi connectivity index (χ3v) is 5.24. The third kappa shape index (κ3) is 5.39. The van der Waals surface area contributed by atoms with Gasteiger partial charge in [-0.15, -0.1) is 0 Å². The zero-order valence-corrected chi connectivity index (χ0v) is 18.2. The molecule has 0 aliphatic heterocycles. The molecular weight excluding hydrogens is 396 g/mol. The Bertz CT molecular complexity index is 1090. The first-order chi connectivity index (χ1) is 14.9. The molecule has 0 atom stereocenters. The van der Waals surface area contributed by atoms with Crippen molar-refractivity contribution in [3.05, 3.63) is 63.5 Å². The molecule has 1 N–H and O–H groups in total. The van der Waals surface area contributed by atoms with Gasteiger partial charge < -0.3 is 9.30 Å². The highest BCUT2D eigenvalue weighted by atomic mass is 16.6. The van der Waals surface area contributed by atoms with Gasteiger partial charge in [0.05, 0.1) is 16.0 Å². The van der Waals surface area contributed by atoms with Gasteiger partial charge >= 0.3 is 6.09 Å². The molecule has 2 aromatic carbocycles. The zero-order valence-electron chi connectivity index (χ0n) is 18.2. The summed E-state index contributed by atoms with van der Waals surface area (Å²) < 4.78 is 7.32. The lowest BCUT2D eigenvalue weighted by molar-refractivity contribution is -0.384. The van der Waals surface area contributed by atoms with Gasteiger partial charge in [-0.1, -0.05) is 25.5 Å². The number of non-ortho nitro benzene ring substituents is 1. The first-order valence-electron chi connectivity index (χ1n) is 10.6. The number of carbonyl (C=O) groups excluding carboxylic acids is 1. The van der Waals surface area contributed by atoms with E-state index in [0.29, 0.717) is 18.5 Å². The molecule has 31 heavy (non-hydrogen) atoms. The lowest BCUT2D eigenvalue weighted by atomic mass is 10.0. The topological polar surface area (TPSA) is 99.3 Å². The van der Waals surface area contributed by atoms with Gasteiger partial charge in [0.2, 0.25) is 0 Å². The first-order valence-corrected chi connectivity index (χ1v) is 10.6. The minimum atomic E-state index is -0.515. The van der Waals surface area contributed by atoms with Crippen molar-refractivity contribution in [2.45, 2.75) is 53.0 Å². The molecule has 3 rings (SSSR count). The fraction of sp³-hybridized carbons (Fsp3) is 0.391. The molecule has 0 saturated heterocycles. The maximum Gasteiger partial charge on any atom is 0.411 e. The fourth-order valence-corrected chi connectivity index (χ4v) is 3.61. The number of hydrogen-bond acceptors (Lipinski definition) is 5.